The summed E-state index contributed by atoms with van der Waals surface area (Å²) in [6.45, 7) is 9.95. The Hall–Kier alpha value is -2.61. The van der Waals surface area contributed by atoms with E-state index in [9.17, 15) is 8.42 Å². The topological polar surface area (TPSA) is 37.4 Å². The molecule has 140 valence electrons. The molecule has 0 saturated heterocycles. The standard InChI is InChI=1S/C23H25NO2S/c1-4-10-21-11-6-7-12-22(21)13-8-9-19-24(18-5-2)27(25,26)23-16-14-20(3)15-17-23/h4-7,11-12,14-17H,1-2,9-10,18-19H2,3H3. The Morgan fingerprint density at radius 2 is 1.74 bits per heavy atom. The minimum absolute atomic E-state index is 0.255. The summed E-state index contributed by atoms with van der Waals surface area (Å²) in [6, 6.07) is 14.8. The Morgan fingerprint density at radius 1 is 1.04 bits per heavy atom. The second-order valence-electron chi connectivity index (χ2n) is 6.17. The number of hydrogen-bond acceptors (Lipinski definition) is 2. The molecule has 4 heteroatoms. The second-order valence-corrected chi connectivity index (χ2v) is 8.10. The molecule has 0 spiro atoms. The van der Waals surface area contributed by atoms with E-state index < -0.39 is 10.0 Å². The van der Waals surface area contributed by atoms with Crippen LogP contribution >= 0.6 is 0 Å². The van der Waals surface area contributed by atoms with Gasteiger partial charge in [-0.2, -0.15) is 4.31 Å². The van der Waals surface area contributed by atoms with Gasteiger partial charge in [0.15, 0.2) is 0 Å². The number of aryl methyl sites for hydroxylation is 1. The lowest BCUT2D eigenvalue weighted by Gasteiger charge is -2.19. The predicted octanol–water partition coefficient (Wildman–Crippen LogP) is 4.34. The average Bonchev–Trinajstić information content (AvgIpc) is 2.66. The van der Waals surface area contributed by atoms with Crippen molar-refractivity contribution in [3.05, 3.63) is 90.5 Å². The average molecular weight is 380 g/mol. The molecule has 0 radical (unpaired) electrons. The third kappa shape index (κ3) is 5.68. The van der Waals surface area contributed by atoms with Gasteiger partial charge in [-0.1, -0.05) is 59.9 Å². The highest BCUT2D eigenvalue weighted by Crippen LogP contribution is 2.17. The summed E-state index contributed by atoms with van der Waals surface area (Å²) in [6.07, 6.45) is 4.65. The van der Waals surface area contributed by atoms with Gasteiger partial charge in [0.05, 0.1) is 4.90 Å². The molecule has 0 fully saturated rings. The minimum Gasteiger partial charge on any atom is -0.207 e. The highest BCUT2D eigenvalue weighted by Gasteiger charge is 2.22. The maximum absolute atomic E-state index is 12.9. The van der Waals surface area contributed by atoms with Crippen LogP contribution in [0.1, 0.15) is 23.1 Å². The molecule has 0 atom stereocenters. The van der Waals surface area contributed by atoms with Gasteiger partial charge in [-0.25, -0.2) is 8.42 Å². The maximum Gasteiger partial charge on any atom is 0.243 e. The summed E-state index contributed by atoms with van der Waals surface area (Å²) < 4.78 is 27.1. The smallest absolute Gasteiger partial charge is 0.207 e. The van der Waals surface area contributed by atoms with Gasteiger partial charge in [0, 0.05) is 25.1 Å². The second kappa shape index (κ2) is 9.91. The van der Waals surface area contributed by atoms with Crippen LogP contribution in [-0.4, -0.2) is 25.8 Å². The molecule has 2 rings (SSSR count). The van der Waals surface area contributed by atoms with Gasteiger partial charge in [-0.15, -0.1) is 13.2 Å². The fourth-order valence-corrected chi connectivity index (χ4v) is 4.04. The molecule has 0 bridgehead atoms. The quantitative estimate of drug-likeness (QED) is 0.505. The number of rotatable bonds is 8. The number of hydrogen-bond donors (Lipinski definition) is 0. The van der Waals surface area contributed by atoms with Crippen molar-refractivity contribution in [3.8, 4) is 11.8 Å². The molecule has 2 aromatic rings. The van der Waals surface area contributed by atoms with Crippen molar-refractivity contribution < 1.29 is 8.42 Å². The van der Waals surface area contributed by atoms with Crippen LogP contribution in [-0.2, 0) is 16.4 Å². The summed E-state index contributed by atoms with van der Waals surface area (Å²) in [5, 5.41) is 0. The van der Waals surface area contributed by atoms with Crippen molar-refractivity contribution >= 4 is 10.0 Å². The van der Waals surface area contributed by atoms with E-state index in [4.69, 9.17) is 0 Å². The molecule has 0 N–H and O–H groups in total. The lowest BCUT2D eigenvalue weighted by atomic mass is 10.1. The Labute approximate surface area is 163 Å². The first-order valence-corrected chi connectivity index (χ1v) is 10.3. The molecule has 27 heavy (non-hydrogen) atoms. The molecule has 0 unspecified atom stereocenters. The van der Waals surface area contributed by atoms with E-state index in [2.05, 4.69) is 25.0 Å². The zero-order chi connectivity index (χ0) is 19.7. The first-order valence-electron chi connectivity index (χ1n) is 8.84. The molecular weight excluding hydrogens is 354 g/mol. The van der Waals surface area contributed by atoms with E-state index in [-0.39, 0.29) is 6.54 Å². The van der Waals surface area contributed by atoms with Gasteiger partial charge in [0.1, 0.15) is 0 Å². The Balaban J connectivity index is 2.13. The lowest BCUT2D eigenvalue weighted by molar-refractivity contribution is 0.450. The zero-order valence-corrected chi connectivity index (χ0v) is 16.5. The fourth-order valence-electron chi connectivity index (χ4n) is 2.63. The summed E-state index contributed by atoms with van der Waals surface area (Å²) in [4.78, 5) is 0.291. The molecule has 0 saturated carbocycles. The molecule has 0 aliphatic carbocycles. The van der Waals surface area contributed by atoms with Crippen molar-refractivity contribution in [1.82, 2.24) is 4.31 Å². The number of benzene rings is 2. The van der Waals surface area contributed by atoms with Crippen LogP contribution in [0.3, 0.4) is 0 Å². The lowest BCUT2D eigenvalue weighted by Crippen LogP contribution is -2.32. The molecule has 3 nitrogen and oxygen atoms in total. The largest absolute Gasteiger partial charge is 0.243 e. The third-order valence-electron chi connectivity index (χ3n) is 4.08. The van der Waals surface area contributed by atoms with E-state index in [0.717, 1.165) is 23.1 Å². The minimum atomic E-state index is -3.56. The zero-order valence-electron chi connectivity index (χ0n) is 15.7. The summed E-state index contributed by atoms with van der Waals surface area (Å²) in [7, 11) is -3.56. The normalized spacial score (nSPS) is 10.9. The van der Waals surface area contributed by atoms with Gasteiger partial charge in [-0.3, -0.25) is 0 Å². The molecule has 2 aromatic carbocycles. The first-order chi connectivity index (χ1) is 13.0. The van der Waals surface area contributed by atoms with E-state index in [1.165, 1.54) is 4.31 Å². The first kappa shape index (κ1) is 20.7. The summed E-state index contributed by atoms with van der Waals surface area (Å²) in [5.74, 6) is 6.25. The Bertz CT molecular complexity index is 948. The molecule has 0 heterocycles. The molecule has 0 aromatic heterocycles. The van der Waals surface area contributed by atoms with Gasteiger partial charge in [-0.05, 0) is 37.1 Å². The van der Waals surface area contributed by atoms with Crippen LogP contribution in [0.25, 0.3) is 0 Å². The van der Waals surface area contributed by atoms with E-state index in [1.807, 2.05) is 37.3 Å². The van der Waals surface area contributed by atoms with E-state index in [1.54, 1.807) is 30.3 Å². The third-order valence-corrected chi connectivity index (χ3v) is 5.96. The van der Waals surface area contributed by atoms with Crippen LogP contribution < -0.4 is 0 Å². The fraction of sp³-hybridized carbons (Fsp3) is 0.217. The summed E-state index contributed by atoms with van der Waals surface area (Å²) in [5.41, 5.74) is 3.09. The highest BCUT2D eigenvalue weighted by molar-refractivity contribution is 7.89. The van der Waals surface area contributed by atoms with Crippen LogP contribution in [0.15, 0.2) is 78.7 Å². The van der Waals surface area contributed by atoms with Gasteiger partial charge >= 0.3 is 0 Å². The van der Waals surface area contributed by atoms with Crippen LogP contribution in [0.2, 0.25) is 0 Å². The SMILES string of the molecule is C=CCc1ccccc1C#CCCN(CC=C)S(=O)(=O)c1ccc(C)cc1. The maximum atomic E-state index is 12.9. The Kier molecular flexibility index (Phi) is 7.60. The van der Waals surface area contributed by atoms with Crippen molar-refractivity contribution in [2.75, 3.05) is 13.1 Å². The summed E-state index contributed by atoms with van der Waals surface area (Å²) >= 11 is 0. The van der Waals surface area contributed by atoms with Gasteiger partial charge in [0.25, 0.3) is 0 Å². The van der Waals surface area contributed by atoms with E-state index in [0.29, 0.717) is 17.9 Å². The van der Waals surface area contributed by atoms with Gasteiger partial charge < -0.3 is 0 Å². The predicted molar refractivity (Wildman–Crippen MR) is 112 cm³/mol. The van der Waals surface area contributed by atoms with Crippen molar-refractivity contribution in [1.29, 1.82) is 0 Å². The van der Waals surface area contributed by atoms with Crippen LogP contribution in [0, 0.1) is 18.8 Å². The molecule has 0 aliphatic heterocycles. The van der Waals surface area contributed by atoms with Crippen molar-refractivity contribution in [2.45, 2.75) is 24.7 Å². The number of nitrogens with zero attached hydrogens (tertiary/aromatic N) is 1. The van der Waals surface area contributed by atoms with Crippen molar-refractivity contribution in [2.24, 2.45) is 0 Å². The van der Waals surface area contributed by atoms with Crippen molar-refractivity contribution in [3.63, 3.8) is 0 Å². The van der Waals surface area contributed by atoms with Gasteiger partial charge in [0.2, 0.25) is 10.0 Å². The molecular formula is C23H25NO2S. The van der Waals surface area contributed by atoms with E-state index >= 15 is 0 Å². The molecule has 0 aliphatic rings. The Morgan fingerprint density at radius 3 is 2.41 bits per heavy atom. The molecule has 0 amide bonds. The van der Waals surface area contributed by atoms with Crippen LogP contribution in [0.5, 0.6) is 0 Å². The number of sulfonamides is 1. The highest BCUT2D eigenvalue weighted by atomic mass is 32.2. The number of allylic oxidation sites excluding steroid dienone is 1. The monoisotopic (exact) mass is 379 g/mol. The van der Waals surface area contributed by atoms with Crippen LogP contribution in [0.4, 0.5) is 0 Å².